The Labute approximate surface area is 225 Å². The van der Waals surface area contributed by atoms with Crippen LogP contribution >= 0.6 is 11.6 Å². The third kappa shape index (κ3) is 9.58. The first-order chi connectivity index (χ1) is 18.0. The molecule has 0 fully saturated rings. The Morgan fingerprint density at radius 3 is 2.30 bits per heavy atom. The van der Waals surface area contributed by atoms with Gasteiger partial charge in [-0.05, 0) is 55.2 Å². The number of nitrogens with zero attached hydrogens (tertiary/aromatic N) is 1. The highest BCUT2D eigenvalue weighted by Crippen LogP contribution is 2.18. The number of unbranched alkanes of at least 4 members (excludes halogenated alkanes) is 1. The highest BCUT2D eigenvalue weighted by molar-refractivity contribution is 6.30. The third-order valence-corrected chi connectivity index (χ3v) is 6.44. The lowest BCUT2D eigenvalue weighted by Crippen LogP contribution is -2.50. The molecule has 0 radical (unpaired) electrons. The number of hydrogen-bond donors (Lipinski definition) is 1. The van der Waals surface area contributed by atoms with E-state index in [0.29, 0.717) is 43.3 Å². The van der Waals surface area contributed by atoms with E-state index in [2.05, 4.69) is 12.2 Å². The zero-order chi connectivity index (χ0) is 26.5. The van der Waals surface area contributed by atoms with Crippen LogP contribution in [-0.4, -0.2) is 35.9 Å². The monoisotopic (exact) mass is 520 g/mol. The minimum atomic E-state index is -0.606. The molecule has 0 aliphatic heterocycles. The molecule has 1 atom stereocenters. The highest BCUT2D eigenvalue weighted by atomic mass is 35.5. The average molecular weight is 521 g/mol. The van der Waals surface area contributed by atoms with Crippen LogP contribution in [0.5, 0.6) is 5.75 Å². The number of hydrogen-bond acceptors (Lipinski definition) is 3. The summed E-state index contributed by atoms with van der Waals surface area (Å²) in [5.74, 6) is 0.535. The van der Waals surface area contributed by atoms with Gasteiger partial charge in [0.1, 0.15) is 11.8 Å². The number of amides is 2. The van der Waals surface area contributed by atoms with Crippen LogP contribution in [-0.2, 0) is 22.6 Å². The molecule has 3 aromatic carbocycles. The molecular weight excluding hydrogens is 484 g/mol. The Morgan fingerprint density at radius 1 is 0.919 bits per heavy atom. The summed E-state index contributed by atoms with van der Waals surface area (Å²) >= 11 is 5.94. The fraction of sp³-hybridized carbons (Fsp3) is 0.355. The van der Waals surface area contributed by atoms with Crippen molar-refractivity contribution < 1.29 is 14.3 Å². The van der Waals surface area contributed by atoms with Gasteiger partial charge in [-0.3, -0.25) is 9.59 Å². The van der Waals surface area contributed by atoms with E-state index in [1.165, 1.54) is 0 Å². The van der Waals surface area contributed by atoms with E-state index in [4.69, 9.17) is 16.3 Å². The summed E-state index contributed by atoms with van der Waals surface area (Å²) in [7, 11) is 0. The minimum absolute atomic E-state index is 0.0631. The van der Waals surface area contributed by atoms with Crippen molar-refractivity contribution in [3.63, 3.8) is 0 Å². The fourth-order valence-electron chi connectivity index (χ4n) is 4.04. The minimum Gasteiger partial charge on any atom is -0.494 e. The van der Waals surface area contributed by atoms with Crippen LogP contribution in [0, 0.1) is 6.92 Å². The van der Waals surface area contributed by atoms with Crippen LogP contribution in [0.15, 0.2) is 78.9 Å². The Kier molecular flexibility index (Phi) is 11.5. The molecule has 3 aromatic rings. The number of halogens is 1. The lowest BCUT2D eigenvalue weighted by atomic mass is 10.0. The summed E-state index contributed by atoms with van der Waals surface area (Å²) in [6, 6.07) is 24.5. The van der Waals surface area contributed by atoms with E-state index in [1.54, 1.807) is 17.0 Å². The van der Waals surface area contributed by atoms with Gasteiger partial charge >= 0.3 is 0 Å². The number of benzene rings is 3. The summed E-state index contributed by atoms with van der Waals surface area (Å²) in [6.07, 6.45) is 3.17. The first kappa shape index (κ1) is 28.3. The second-order valence-corrected chi connectivity index (χ2v) is 9.70. The van der Waals surface area contributed by atoms with Crippen molar-refractivity contribution in [2.75, 3.05) is 13.2 Å². The van der Waals surface area contributed by atoms with Crippen molar-refractivity contribution in [2.24, 2.45) is 0 Å². The molecule has 5 nitrogen and oxygen atoms in total. The molecule has 0 aromatic heterocycles. The first-order valence-electron chi connectivity index (χ1n) is 13.0. The van der Waals surface area contributed by atoms with Crippen LogP contribution in [0.4, 0.5) is 0 Å². The van der Waals surface area contributed by atoms with Crippen LogP contribution in [0.3, 0.4) is 0 Å². The Bertz CT molecular complexity index is 1100. The molecule has 0 aliphatic carbocycles. The summed E-state index contributed by atoms with van der Waals surface area (Å²) in [5, 5.41) is 3.71. The lowest BCUT2D eigenvalue weighted by Gasteiger charge is -2.31. The zero-order valence-corrected chi connectivity index (χ0v) is 22.5. The molecule has 1 unspecified atom stereocenters. The van der Waals surface area contributed by atoms with E-state index < -0.39 is 6.04 Å². The summed E-state index contributed by atoms with van der Waals surface area (Å²) < 4.78 is 5.78. The molecule has 1 N–H and O–H groups in total. The van der Waals surface area contributed by atoms with Gasteiger partial charge in [0, 0.05) is 31.0 Å². The van der Waals surface area contributed by atoms with Gasteiger partial charge < -0.3 is 15.0 Å². The molecule has 6 heteroatoms. The molecule has 0 heterocycles. The summed E-state index contributed by atoms with van der Waals surface area (Å²) in [6.45, 7) is 5.50. The Morgan fingerprint density at radius 2 is 1.62 bits per heavy atom. The van der Waals surface area contributed by atoms with Crippen LogP contribution < -0.4 is 10.1 Å². The van der Waals surface area contributed by atoms with Gasteiger partial charge in [-0.2, -0.15) is 0 Å². The van der Waals surface area contributed by atoms with Crippen molar-refractivity contribution in [3.8, 4) is 5.75 Å². The molecule has 2 amide bonds. The molecule has 0 bridgehead atoms. The summed E-state index contributed by atoms with van der Waals surface area (Å²) in [5.41, 5.74) is 3.17. The van der Waals surface area contributed by atoms with Gasteiger partial charge in [0.05, 0.1) is 6.61 Å². The molecule has 0 spiro atoms. The Balaban J connectivity index is 1.76. The predicted octanol–water partition coefficient (Wildman–Crippen LogP) is 6.36. The highest BCUT2D eigenvalue weighted by Gasteiger charge is 2.30. The summed E-state index contributed by atoms with van der Waals surface area (Å²) in [4.78, 5) is 28.8. The maximum absolute atomic E-state index is 13.6. The molecule has 37 heavy (non-hydrogen) atoms. The second kappa shape index (κ2) is 15.1. The van der Waals surface area contributed by atoms with Crippen molar-refractivity contribution in [1.29, 1.82) is 0 Å². The molecule has 196 valence electrons. The van der Waals surface area contributed by atoms with Gasteiger partial charge in [-0.25, -0.2) is 0 Å². The Hall–Kier alpha value is -3.31. The maximum Gasteiger partial charge on any atom is 0.243 e. The standard InChI is InChI=1S/C31H37ClN2O3/c1-3-4-20-33-31(36)29(22-25-9-6-5-7-10-25)34(23-26-14-12-24(2)13-15-26)30(35)11-8-21-37-28-18-16-27(32)17-19-28/h5-7,9-10,12-19,29H,3-4,8,11,20-23H2,1-2H3,(H,33,36). The normalized spacial score (nSPS) is 11.5. The van der Waals surface area contributed by atoms with E-state index in [-0.39, 0.29) is 18.2 Å². The fourth-order valence-corrected chi connectivity index (χ4v) is 4.16. The molecule has 0 saturated heterocycles. The van der Waals surface area contributed by atoms with Crippen LogP contribution in [0.25, 0.3) is 0 Å². The van der Waals surface area contributed by atoms with Gasteiger partial charge in [-0.1, -0.05) is 85.1 Å². The SMILES string of the molecule is CCCCNC(=O)C(Cc1ccccc1)N(Cc1ccc(C)cc1)C(=O)CCCOc1ccc(Cl)cc1. The maximum atomic E-state index is 13.6. The van der Waals surface area contributed by atoms with E-state index in [1.807, 2.05) is 73.7 Å². The first-order valence-corrected chi connectivity index (χ1v) is 13.4. The number of carbonyl (C=O) groups is 2. The van der Waals surface area contributed by atoms with Gasteiger partial charge in [0.25, 0.3) is 0 Å². The zero-order valence-electron chi connectivity index (χ0n) is 21.8. The van der Waals surface area contributed by atoms with Crippen molar-refractivity contribution in [3.05, 3.63) is 101 Å². The third-order valence-electron chi connectivity index (χ3n) is 6.19. The van der Waals surface area contributed by atoms with Crippen LogP contribution in [0.2, 0.25) is 5.02 Å². The molecule has 0 saturated carbocycles. The number of rotatable bonds is 14. The second-order valence-electron chi connectivity index (χ2n) is 9.26. The smallest absolute Gasteiger partial charge is 0.243 e. The number of ether oxygens (including phenoxy) is 1. The van der Waals surface area contributed by atoms with Gasteiger partial charge in [0.2, 0.25) is 11.8 Å². The largest absolute Gasteiger partial charge is 0.494 e. The van der Waals surface area contributed by atoms with Crippen molar-refractivity contribution >= 4 is 23.4 Å². The van der Waals surface area contributed by atoms with Gasteiger partial charge in [-0.15, -0.1) is 0 Å². The van der Waals surface area contributed by atoms with E-state index in [0.717, 1.165) is 29.5 Å². The number of aryl methyl sites for hydroxylation is 1. The predicted molar refractivity (Wildman–Crippen MR) is 150 cm³/mol. The molecule has 3 rings (SSSR count). The van der Waals surface area contributed by atoms with Gasteiger partial charge in [0.15, 0.2) is 0 Å². The molecular formula is C31H37ClN2O3. The topological polar surface area (TPSA) is 58.6 Å². The average Bonchev–Trinajstić information content (AvgIpc) is 2.91. The quantitative estimate of drug-likeness (QED) is 0.251. The number of nitrogens with one attached hydrogen (secondary N) is 1. The van der Waals surface area contributed by atoms with E-state index >= 15 is 0 Å². The number of carbonyl (C=O) groups excluding carboxylic acids is 2. The van der Waals surface area contributed by atoms with Crippen molar-refractivity contribution in [2.45, 2.75) is 58.5 Å². The lowest BCUT2D eigenvalue weighted by molar-refractivity contribution is -0.141. The molecule has 0 aliphatic rings. The van der Waals surface area contributed by atoms with Crippen LogP contribution in [0.1, 0.15) is 49.3 Å². The van der Waals surface area contributed by atoms with E-state index in [9.17, 15) is 9.59 Å². The van der Waals surface area contributed by atoms with Crippen molar-refractivity contribution in [1.82, 2.24) is 10.2 Å².